The molecule has 0 amide bonds. The SMILES string of the molecule is Cc1ccc(OCCC(C#N)c2c(F)cccc2Cl)cc1. The summed E-state index contributed by atoms with van der Waals surface area (Å²) in [6, 6.07) is 14.2. The van der Waals surface area contributed by atoms with Gasteiger partial charge in [0.25, 0.3) is 0 Å². The third-order valence-corrected chi connectivity index (χ3v) is 3.53. The monoisotopic (exact) mass is 303 g/mol. The molecule has 108 valence electrons. The Morgan fingerprint density at radius 3 is 2.57 bits per heavy atom. The molecule has 1 atom stereocenters. The number of aryl methyl sites for hydroxylation is 1. The summed E-state index contributed by atoms with van der Waals surface area (Å²) in [6.07, 6.45) is 0.380. The topological polar surface area (TPSA) is 33.0 Å². The summed E-state index contributed by atoms with van der Waals surface area (Å²) in [5.74, 6) is -0.342. The highest BCUT2D eigenvalue weighted by molar-refractivity contribution is 6.31. The minimum Gasteiger partial charge on any atom is -0.494 e. The molecule has 0 aliphatic rings. The van der Waals surface area contributed by atoms with E-state index in [4.69, 9.17) is 16.3 Å². The van der Waals surface area contributed by atoms with Crippen LogP contribution < -0.4 is 4.74 Å². The van der Waals surface area contributed by atoms with Gasteiger partial charge in [-0.2, -0.15) is 5.26 Å². The Labute approximate surface area is 128 Å². The van der Waals surface area contributed by atoms with Crippen LogP contribution in [0.3, 0.4) is 0 Å². The predicted octanol–water partition coefficient (Wildman–Crippen LogP) is 4.86. The molecule has 0 aliphatic heterocycles. The molecule has 2 aromatic rings. The van der Waals surface area contributed by atoms with E-state index in [0.717, 1.165) is 11.3 Å². The minimum absolute atomic E-state index is 0.245. The average Bonchev–Trinajstić information content (AvgIpc) is 2.47. The summed E-state index contributed by atoms with van der Waals surface area (Å²) in [5.41, 5.74) is 1.39. The van der Waals surface area contributed by atoms with Crippen LogP contribution in [0.1, 0.15) is 23.5 Å². The second kappa shape index (κ2) is 7.10. The summed E-state index contributed by atoms with van der Waals surface area (Å²) in [7, 11) is 0. The number of hydrogen-bond donors (Lipinski definition) is 0. The van der Waals surface area contributed by atoms with Gasteiger partial charge < -0.3 is 4.74 Å². The molecule has 0 heterocycles. The first-order valence-electron chi connectivity index (χ1n) is 6.65. The number of halogens is 2. The van der Waals surface area contributed by atoms with Crippen LogP contribution in [-0.2, 0) is 0 Å². The Hall–Kier alpha value is -2.05. The first-order chi connectivity index (χ1) is 10.1. The molecule has 2 rings (SSSR count). The molecular formula is C17H15ClFNO. The summed E-state index contributed by atoms with van der Waals surface area (Å²) in [5, 5.41) is 9.51. The average molecular weight is 304 g/mol. The number of benzene rings is 2. The third-order valence-electron chi connectivity index (χ3n) is 3.20. The van der Waals surface area contributed by atoms with Gasteiger partial charge >= 0.3 is 0 Å². The van der Waals surface area contributed by atoms with E-state index < -0.39 is 11.7 Å². The van der Waals surface area contributed by atoms with Crippen LogP contribution in [0, 0.1) is 24.1 Å². The standard InChI is InChI=1S/C17H15ClFNO/c1-12-5-7-14(8-6-12)21-10-9-13(11-20)17-15(18)3-2-4-16(17)19/h2-8,13H,9-10H2,1H3. The van der Waals surface area contributed by atoms with Gasteiger partial charge in [-0.15, -0.1) is 0 Å². The Morgan fingerprint density at radius 2 is 1.95 bits per heavy atom. The van der Waals surface area contributed by atoms with E-state index in [0.29, 0.717) is 13.0 Å². The molecule has 4 heteroatoms. The summed E-state index contributed by atoms with van der Waals surface area (Å²) < 4.78 is 19.4. The summed E-state index contributed by atoms with van der Waals surface area (Å²) >= 11 is 5.98. The lowest BCUT2D eigenvalue weighted by molar-refractivity contribution is 0.305. The second-order valence-electron chi connectivity index (χ2n) is 4.77. The largest absolute Gasteiger partial charge is 0.494 e. The molecule has 0 N–H and O–H groups in total. The molecule has 0 bridgehead atoms. The molecule has 0 saturated heterocycles. The number of ether oxygens (including phenoxy) is 1. The maximum Gasteiger partial charge on any atom is 0.129 e. The van der Waals surface area contributed by atoms with Crippen molar-refractivity contribution in [3.8, 4) is 11.8 Å². The van der Waals surface area contributed by atoms with Crippen molar-refractivity contribution >= 4 is 11.6 Å². The minimum atomic E-state index is -0.621. The molecule has 2 nitrogen and oxygen atoms in total. The van der Waals surface area contributed by atoms with Crippen molar-refractivity contribution in [3.05, 3.63) is 64.4 Å². The van der Waals surface area contributed by atoms with Gasteiger partial charge in [0.05, 0.1) is 18.6 Å². The fourth-order valence-electron chi connectivity index (χ4n) is 2.05. The van der Waals surface area contributed by atoms with Crippen molar-refractivity contribution in [2.24, 2.45) is 0 Å². The van der Waals surface area contributed by atoms with Crippen LogP contribution in [0.15, 0.2) is 42.5 Å². The lowest BCUT2D eigenvalue weighted by Crippen LogP contribution is -2.07. The zero-order chi connectivity index (χ0) is 15.2. The van der Waals surface area contributed by atoms with Gasteiger partial charge in [-0.3, -0.25) is 0 Å². The molecular weight excluding hydrogens is 289 g/mol. The normalized spacial score (nSPS) is 11.7. The molecule has 21 heavy (non-hydrogen) atoms. The highest BCUT2D eigenvalue weighted by Crippen LogP contribution is 2.29. The number of rotatable bonds is 5. The van der Waals surface area contributed by atoms with Gasteiger partial charge in [0.1, 0.15) is 11.6 Å². The van der Waals surface area contributed by atoms with Crippen molar-refractivity contribution in [3.63, 3.8) is 0 Å². The van der Waals surface area contributed by atoms with Gasteiger partial charge in [0, 0.05) is 17.0 Å². The van der Waals surface area contributed by atoms with Crippen LogP contribution in [0.4, 0.5) is 4.39 Å². The van der Waals surface area contributed by atoms with Crippen molar-refractivity contribution in [1.82, 2.24) is 0 Å². The Bertz CT molecular complexity index is 629. The fourth-order valence-corrected chi connectivity index (χ4v) is 2.34. The predicted molar refractivity (Wildman–Crippen MR) is 81.1 cm³/mol. The number of nitriles is 1. The number of hydrogen-bond acceptors (Lipinski definition) is 2. The van der Waals surface area contributed by atoms with Crippen LogP contribution >= 0.6 is 11.6 Å². The van der Waals surface area contributed by atoms with Crippen molar-refractivity contribution in [1.29, 1.82) is 5.26 Å². The molecule has 0 aliphatic carbocycles. The van der Waals surface area contributed by atoms with Crippen LogP contribution in [0.25, 0.3) is 0 Å². The van der Waals surface area contributed by atoms with E-state index >= 15 is 0 Å². The molecule has 2 aromatic carbocycles. The zero-order valence-electron chi connectivity index (χ0n) is 11.6. The highest BCUT2D eigenvalue weighted by Gasteiger charge is 2.18. The Kier molecular flexibility index (Phi) is 5.19. The molecule has 0 radical (unpaired) electrons. The second-order valence-corrected chi connectivity index (χ2v) is 5.17. The van der Waals surface area contributed by atoms with E-state index in [9.17, 15) is 9.65 Å². The quantitative estimate of drug-likeness (QED) is 0.790. The lowest BCUT2D eigenvalue weighted by atomic mass is 9.97. The maximum absolute atomic E-state index is 13.8. The highest BCUT2D eigenvalue weighted by atomic mass is 35.5. The third kappa shape index (κ3) is 3.96. The molecule has 0 fully saturated rings. The molecule has 0 saturated carbocycles. The summed E-state index contributed by atoms with van der Waals surface area (Å²) in [6.45, 7) is 2.32. The van der Waals surface area contributed by atoms with Gasteiger partial charge in [0.15, 0.2) is 0 Å². The fraction of sp³-hybridized carbons (Fsp3) is 0.235. The Balaban J connectivity index is 2.00. The van der Waals surface area contributed by atoms with Gasteiger partial charge in [0.2, 0.25) is 0 Å². The lowest BCUT2D eigenvalue weighted by Gasteiger charge is -2.13. The maximum atomic E-state index is 13.8. The van der Waals surface area contributed by atoms with Crippen molar-refractivity contribution in [2.75, 3.05) is 6.61 Å². The van der Waals surface area contributed by atoms with Crippen LogP contribution in [0.5, 0.6) is 5.75 Å². The first kappa shape index (κ1) is 15.3. The van der Waals surface area contributed by atoms with E-state index in [-0.39, 0.29) is 10.6 Å². The molecule has 1 unspecified atom stereocenters. The molecule has 0 aromatic heterocycles. The Morgan fingerprint density at radius 1 is 1.24 bits per heavy atom. The van der Waals surface area contributed by atoms with E-state index in [1.807, 2.05) is 31.2 Å². The first-order valence-corrected chi connectivity index (χ1v) is 7.02. The van der Waals surface area contributed by atoms with Crippen molar-refractivity contribution < 1.29 is 9.13 Å². The van der Waals surface area contributed by atoms with E-state index in [1.54, 1.807) is 6.07 Å². The van der Waals surface area contributed by atoms with Crippen LogP contribution in [0.2, 0.25) is 5.02 Å². The van der Waals surface area contributed by atoms with Crippen LogP contribution in [-0.4, -0.2) is 6.61 Å². The summed E-state index contributed by atoms with van der Waals surface area (Å²) in [4.78, 5) is 0. The van der Waals surface area contributed by atoms with Crippen molar-refractivity contribution in [2.45, 2.75) is 19.3 Å². The van der Waals surface area contributed by atoms with E-state index in [1.165, 1.54) is 12.1 Å². The zero-order valence-corrected chi connectivity index (χ0v) is 12.4. The molecule has 0 spiro atoms. The van der Waals surface area contributed by atoms with Gasteiger partial charge in [-0.05, 0) is 31.2 Å². The van der Waals surface area contributed by atoms with E-state index in [2.05, 4.69) is 6.07 Å². The van der Waals surface area contributed by atoms with Gasteiger partial charge in [-0.25, -0.2) is 4.39 Å². The van der Waals surface area contributed by atoms with Gasteiger partial charge in [-0.1, -0.05) is 35.4 Å². The number of nitrogens with zero attached hydrogens (tertiary/aromatic N) is 1. The smallest absolute Gasteiger partial charge is 0.129 e.